The van der Waals surface area contributed by atoms with Gasteiger partial charge in [-0.2, -0.15) is 0 Å². The van der Waals surface area contributed by atoms with E-state index in [0.29, 0.717) is 28.9 Å². The van der Waals surface area contributed by atoms with E-state index < -0.39 is 0 Å². The van der Waals surface area contributed by atoms with Crippen LogP contribution in [-0.2, 0) is 6.54 Å². The van der Waals surface area contributed by atoms with Gasteiger partial charge in [-0.1, -0.05) is 22.0 Å². The fraction of sp³-hybridized carbons (Fsp3) is 0.150. The molecule has 0 spiro atoms. The van der Waals surface area contributed by atoms with E-state index in [9.17, 15) is 4.79 Å². The molecule has 142 valence electrons. The minimum Gasteiger partial charge on any atom is -0.493 e. The molecule has 4 aromatic rings. The normalized spacial score (nSPS) is 11.0. The maximum absolute atomic E-state index is 12.8. The van der Waals surface area contributed by atoms with Crippen LogP contribution in [0.2, 0.25) is 0 Å². The molecule has 8 heteroatoms. The first-order chi connectivity index (χ1) is 13.6. The summed E-state index contributed by atoms with van der Waals surface area (Å²) in [5.41, 5.74) is 2.21. The van der Waals surface area contributed by atoms with E-state index in [-0.39, 0.29) is 5.56 Å². The van der Waals surface area contributed by atoms with E-state index in [1.54, 1.807) is 31.2 Å². The standard InChI is InChI=1S/C20H16BrN3O3S/c1-26-17-5-3-4-14(18(17)27-2)19-23-13(10-28-19)9-24-11-22-16-7-6-12(21)8-15(16)20(24)25/h3-8,10-11H,9H2,1-2H3. The van der Waals surface area contributed by atoms with Crippen LogP contribution in [0.4, 0.5) is 0 Å². The minimum atomic E-state index is -0.0974. The molecule has 0 aliphatic rings. The maximum Gasteiger partial charge on any atom is 0.261 e. The highest BCUT2D eigenvalue weighted by Crippen LogP contribution is 2.39. The highest BCUT2D eigenvalue weighted by molar-refractivity contribution is 9.10. The second-order valence-corrected chi connectivity index (χ2v) is 7.80. The molecule has 2 heterocycles. The van der Waals surface area contributed by atoms with Crippen molar-refractivity contribution in [1.29, 1.82) is 0 Å². The topological polar surface area (TPSA) is 66.2 Å². The van der Waals surface area contributed by atoms with Gasteiger partial charge >= 0.3 is 0 Å². The van der Waals surface area contributed by atoms with Gasteiger partial charge in [-0.25, -0.2) is 9.97 Å². The molecule has 0 fully saturated rings. The molecule has 4 rings (SSSR count). The Labute approximate surface area is 173 Å². The summed E-state index contributed by atoms with van der Waals surface area (Å²) < 4.78 is 13.3. The van der Waals surface area contributed by atoms with Crippen LogP contribution < -0.4 is 15.0 Å². The summed E-state index contributed by atoms with van der Waals surface area (Å²) in [4.78, 5) is 21.8. The number of hydrogen-bond donors (Lipinski definition) is 0. The maximum atomic E-state index is 12.8. The largest absolute Gasteiger partial charge is 0.493 e. The number of aromatic nitrogens is 3. The molecule has 0 saturated carbocycles. The molecule has 2 aromatic heterocycles. The number of methoxy groups -OCH3 is 2. The molecule has 0 amide bonds. The van der Waals surface area contributed by atoms with Crippen LogP contribution in [0.1, 0.15) is 5.69 Å². The zero-order valence-electron chi connectivity index (χ0n) is 15.2. The number of fused-ring (bicyclic) bond motifs is 1. The van der Waals surface area contributed by atoms with Crippen molar-refractivity contribution in [2.45, 2.75) is 6.54 Å². The second-order valence-electron chi connectivity index (χ2n) is 6.02. The zero-order valence-corrected chi connectivity index (χ0v) is 17.6. The molecule has 0 aliphatic heterocycles. The van der Waals surface area contributed by atoms with Crippen molar-refractivity contribution >= 4 is 38.2 Å². The number of hydrogen-bond acceptors (Lipinski definition) is 6. The molecular formula is C20H16BrN3O3S. The Kier molecular flexibility index (Phi) is 5.15. The van der Waals surface area contributed by atoms with Gasteiger partial charge in [-0.15, -0.1) is 11.3 Å². The molecule has 0 atom stereocenters. The van der Waals surface area contributed by atoms with Crippen molar-refractivity contribution in [2.24, 2.45) is 0 Å². The first-order valence-electron chi connectivity index (χ1n) is 8.41. The van der Waals surface area contributed by atoms with Gasteiger partial charge in [0.1, 0.15) is 5.01 Å². The average molecular weight is 458 g/mol. The highest BCUT2D eigenvalue weighted by Gasteiger charge is 2.15. The molecule has 2 aromatic carbocycles. The molecule has 0 unspecified atom stereocenters. The Bertz CT molecular complexity index is 1220. The summed E-state index contributed by atoms with van der Waals surface area (Å²) in [5, 5.41) is 3.31. The lowest BCUT2D eigenvalue weighted by molar-refractivity contribution is 0.356. The predicted molar refractivity (Wildman–Crippen MR) is 113 cm³/mol. The number of para-hydroxylation sites is 1. The minimum absolute atomic E-state index is 0.0974. The van der Waals surface area contributed by atoms with E-state index in [1.165, 1.54) is 11.3 Å². The molecular weight excluding hydrogens is 442 g/mol. The van der Waals surface area contributed by atoms with E-state index in [0.717, 1.165) is 20.7 Å². The third-order valence-corrected chi connectivity index (χ3v) is 5.72. The van der Waals surface area contributed by atoms with Crippen LogP contribution >= 0.6 is 27.3 Å². The van der Waals surface area contributed by atoms with E-state index in [1.807, 2.05) is 35.7 Å². The SMILES string of the molecule is COc1cccc(-c2nc(Cn3cnc4ccc(Br)cc4c3=O)cs2)c1OC. The average Bonchev–Trinajstić information content (AvgIpc) is 3.18. The number of ether oxygens (including phenoxy) is 2. The predicted octanol–water partition coefficient (Wildman–Crippen LogP) is 4.35. The fourth-order valence-electron chi connectivity index (χ4n) is 2.98. The molecule has 6 nitrogen and oxygen atoms in total. The lowest BCUT2D eigenvalue weighted by Crippen LogP contribution is -2.21. The third-order valence-electron chi connectivity index (χ3n) is 4.30. The highest BCUT2D eigenvalue weighted by atomic mass is 79.9. The summed E-state index contributed by atoms with van der Waals surface area (Å²) >= 11 is 4.90. The summed E-state index contributed by atoms with van der Waals surface area (Å²) in [6, 6.07) is 11.1. The van der Waals surface area contributed by atoms with E-state index >= 15 is 0 Å². The van der Waals surface area contributed by atoms with Gasteiger partial charge < -0.3 is 9.47 Å². The van der Waals surface area contributed by atoms with Gasteiger partial charge in [-0.3, -0.25) is 9.36 Å². The Hall–Kier alpha value is -2.71. The van der Waals surface area contributed by atoms with Gasteiger partial charge in [-0.05, 0) is 30.3 Å². The molecule has 28 heavy (non-hydrogen) atoms. The van der Waals surface area contributed by atoms with Crippen LogP contribution in [0.5, 0.6) is 11.5 Å². The van der Waals surface area contributed by atoms with Crippen LogP contribution in [0.25, 0.3) is 21.5 Å². The smallest absolute Gasteiger partial charge is 0.261 e. The number of rotatable bonds is 5. The zero-order chi connectivity index (χ0) is 19.7. The van der Waals surface area contributed by atoms with Crippen molar-refractivity contribution in [3.8, 4) is 22.1 Å². The first kappa shape index (κ1) is 18.6. The Balaban J connectivity index is 1.69. The third kappa shape index (κ3) is 3.41. The number of halogens is 1. The lowest BCUT2D eigenvalue weighted by atomic mass is 10.2. The van der Waals surface area contributed by atoms with Crippen LogP contribution in [0.15, 0.2) is 57.4 Å². The quantitative estimate of drug-likeness (QED) is 0.445. The van der Waals surface area contributed by atoms with Gasteiger partial charge in [0.25, 0.3) is 5.56 Å². The Morgan fingerprint density at radius 2 is 2.04 bits per heavy atom. The lowest BCUT2D eigenvalue weighted by Gasteiger charge is -2.10. The first-order valence-corrected chi connectivity index (χ1v) is 10.1. The van der Waals surface area contributed by atoms with E-state index in [4.69, 9.17) is 9.47 Å². The fourth-order valence-corrected chi connectivity index (χ4v) is 4.17. The van der Waals surface area contributed by atoms with Crippen molar-refractivity contribution < 1.29 is 9.47 Å². The number of benzene rings is 2. The molecule has 0 aliphatic carbocycles. The number of nitrogens with zero attached hydrogens (tertiary/aromatic N) is 3. The number of thiazole rings is 1. The van der Waals surface area contributed by atoms with Crippen molar-refractivity contribution in [3.63, 3.8) is 0 Å². The summed E-state index contributed by atoms with van der Waals surface area (Å²) in [5.74, 6) is 1.29. The monoisotopic (exact) mass is 457 g/mol. The van der Waals surface area contributed by atoms with Gasteiger partial charge in [0, 0.05) is 9.85 Å². The van der Waals surface area contributed by atoms with E-state index in [2.05, 4.69) is 25.9 Å². The summed E-state index contributed by atoms with van der Waals surface area (Å²) in [6.45, 7) is 0.344. The van der Waals surface area contributed by atoms with Gasteiger partial charge in [0.15, 0.2) is 11.5 Å². The van der Waals surface area contributed by atoms with Crippen molar-refractivity contribution in [3.05, 3.63) is 68.6 Å². The van der Waals surface area contributed by atoms with Crippen LogP contribution in [-0.4, -0.2) is 28.8 Å². The van der Waals surface area contributed by atoms with Crippen molar-refractivity contribution in [1.82, 2.24) is 14.5 Å². The van der Waals surface area contributed by atoms with Crippen molar-refractivity contribution in [2.75, 3.05) is 14.2 Å². The summed E-state index contributed by atoms with van der Waals surface area (Å²) in [7, 11) is 3.21. The molecule has 0 radical (unpaired) electrons. The Morgan fingerprint density at radius 3 is 2.82 bits per heavy atom. The Morgan fingerprint density at radius 1 is 1.18 bits per heavy atom. The summed E-state index contributed by atoms with van der Waals surface area (Å²) in [6.07, 6.45) is 1.56. The second kappa shape index (κ2) is 7.73. The van der Waals surface area contributed by atoms with Gasteiger partial charge in [0.2, 0.25) is 0 Å². The molecule has 0 saturated heterocycles. The molecule has 0 bridgehead atoms. The van der Waals surface area contributed by atoms with Gasteiger partial charge in [0.05, 0.1) is 49.3 Å². The molecule has 0 N–H and O–H groups in total. The van der Waals surface area contributed by atoms with Crippen LogP contribution in [0, 0.1) is 0 Å². The van der Waals surface area contributed by atoms with Crippen LogP contribution in [0.3, 0.4) is 0 Å².